The summed E-state index contributed by atoms with van der Waals surface area (Å²) in [5, 5.41) is 10.4. The predicted molar refractivity (Wildman–Crippen MR) is 181 cm³/mol. The molecule has 0 N–H and O–H groups in total. The van der Waals surface area contributed by atoms with Gasteiger partial charge in [0.05, 0.1) is 14.2 Å². The second kappa shape index (κ2) is 10.1. The van der Waals surface area contributed by atoms with Gasteiger partial charge in [0.2, 0.25) is 0 Å². The van der Waals surface area contributed by atoms with Crippen LogP contribution in [-0.2, 0) is 0 Å². The second-order valence-electron chi connectivity index (χ2n) is 10.9. The van der Waals surface area contributed by atoms with Crippen LogP contribution in [0.4, 0.5) is 17.1 Å². The highest BCUT2D eigenvalue weighted by molar-refractivity contribution is 6.30. The fourth-order valence-electron chi connectivity index (χ4n) is 6.54. The summed E-state index contributed by atoms with van der Waals surface area (Å²) in [4.78, 5) is 2.23. The Morgan fingerprint density at radius 3 is 1.77 bits per heavy atom. The molecule has 0 aliphatic rings. The first-order valence-electron chi connectivity index (χ1n) is 14.5. The zero-order valence-corrected chi connectivity index (χ0v) is 24.0. The van der Waals surface area contributed by atoms with Crippen molar-refractivity contribution in [3.05, 3.63) is 140 Å². The highest BCUT2D eigenvalue weighted by Crippen LogP contribution is 2.43. The van der Waals surface area contributed by atoms with Gasteiger partial charge in [-0.2, -0.15) is 0 Å². The smallest absolute Gasteiger partial charge is 0.120 e. The van der Waals surface area contributed by atoms with Crippen molar-refractivity contribution in [1.82, 2.24) is 0 Å². The lowest BCUT2D eigenvalue weighted by atomic mass is 9.88. The molecule has 8 rings (SSSR count). The van der Waals surface area contributed by atoms with Gasteiger partial charge in [-0.15, -0.1) is 0 Å². The van der Waals surface area contributed by atoms with E-state index in [0.29, 0.717) is 0 Å². The molecular formula is C40H29NO2. The van der Waals surface area contributed by atoms with Crippen molar-refractivity contribution in [2.45, 2.75) is 0 Å². The minimum Gasteiger partial charge on any atom is -0.497 e. The summed E-state index contributed by atoms with van der Waals surface area (Å²) < 4.78 is 11.1. The third-order valence-electron chi connectivity index (χ3n) is 8.57. The Balaban J connectivity index is 1.28. The lowest BCUT2D eigenvalue weighted by Gasteiger charge is -2.26. The van der Waals surface area contributed by atoms with E-state index in [9.17, 15) is 0 Å². The molecule has 0 heterocycles. The maximum absolute atomic E-state index is 5.56. The molecule has 206 valence electrons. The lowest BCUT2D eigenvalue weighted by Crippen LogP contribution is -2.10. The van der Waals surface area contributed by atoms with Gasteiger partial charge in [-0.25, -0.2) is 0 Å². The van der Waals surface area contributed by atoms with Crippen molar-refractivity contribution in [3.63, 3.8) is 0 Å². The molecule has 0 amide bonds. The van der Waals surface area contributed by atoms with Gasteiger partial charge in [0.25, 0.3) is 0 Å². The van der Waals surface area contributed by atoms with E-state index in [1.54, 1.807) is 14.2 Å². The third-order valence-corrected chi connectivity index (χ3v) is 8.57. The van der Waals surface area contributed by atoms with Gasteiger partial charge in [0.1, 0.15) is 11.5 Å². The first-order chi connectivity index (χ1) is 21.2. The molecule has 0 aliphatic carbocycles. The van der Waals surface area contributed by atoms with Crippen LogP contribution in [0.25, 0.3) is 54.2 Å². The van der Waals surface area contributed by atoms with Crippen LogP contribution in [0.3, 0.4) is 0 Å². The van der Waals surface area contributed by atoms with E-state index in [0.717, 1.165) is 28.6 Å². The fraction of sp³-hybridized carbons (Fsp3) is 0.0500. The van der Waals surface area contributed by atoms with Crippen LogP contribution in [0, 0.1) is 0 Å². The van der Waals surface area contributed by atoms with Gasteiger partial charge in [-0.05, 0) is 96.7 Å². The molecule has 0 saturated heterocycles. The van der Waals surface area contributed by atoms with Crippen LogP contribution >= 0.6 is 0 Å². The molecule has 0 bridgehead atoms. The van der Waals surface area contributed by atoms with E-state index in [2.05, 4.69) is 120 Å². The van der Waals surface area contributed by atoms with Crippen LogP contribution < -0.4 is 14.4 Å². The van der Waals surface area contributed by atoms with Crippen molar-refractivity contribution >= 4 is 60.2 Å². The molecule has 0 atom stereocenters. The third kappa shape index (κ3) is 4.12. The summed E-state index contributed by atoms with van der Waals surface area (Å²) in [6.45, 7) is 0. The predicted octanol–water partition coefficient (Wildman–Crippen LogP) is 10.9. The van der Waals surface area contributed by atoms with Gasteiger partial charge < -0.3 is 14.4 Å². The van der Waals surface area contributed by atoms with Crippen LogP contribution in [0.1, 0.15) is 0 Å². The van der Waals surface area contributed by atoms with Gasteiger partial charge >= 0.3 is 0 Å². The highest BCUT2D eigenvalue weighted by Gasteiger charge is 2.17. The first-order valence-corrected chi connectivity index (χ1v) is 14.5. The summed E-state index contributed by atoms with van der Waals surface area (Å²) >= 11 is 0. The Kier molecular flexibility index (Phi) is 5.90. The van der Waals surface area contributed by atoms with E-state index in [1.165, 1.54) is 54.2 Å². The van der Waals surface area contributed by atoms with Crippen LogP contribution in [0.2, 0.25) is 0 Å². The standard InChI is InChI=1S/C40H29NO2/c1-42-33-10-5-8-31(24-33)41(32-9-6-11-34(25-32)43-2)30-18-15-26(16-19-30)36-20-17-27-13-14-29-23-28-7-3-4-12-35(28)37-21-22-38(36)39(27)40(29)37/h3-25H,1-2H3. The number of anilines is 3. The average molecular weight is 556 g/mol. The zero-order valence-electron chi connectivity index (χ0n) is 24.0. The molecule has 0 spiro atoms. The number of hydrogen-bond donors (Lipinski definition) is 0. The van der Waals surface area contributed by atoms with Crippen LogP contribution in [0.15, 0.2) is 140 Å². The SMILES string of the molecule is COc1cccc(N(c2ccc(-c3ccc4ccc5cc6ccccc6c6ccc3c4c56)cc2)c2cccc(OC)c2)c1. The first kappa shape index (κ1) is 25.2. The largest absolute Gasteiger partial charge is 0.497 e. The van der Waals surface area contributed by atoms with E-state index in [-0.39, 0.29) is 0 Å². The average Bonchev–Trinajstić information content (AvgIpc) is 3.07. The quantitative estimate of drug-likeness (QED) is 0.150. The van der Waals surface area contributed by atoms with Crippen LogP contribution in [-0.4, -0.2) is 14.2 Å². The summed E-state index contributed by atoms with van der Waals surface area (Å²) in [6, 6.07) is 49.8. The van der Waals surface area contributed by atoms with Crippen molar-refractivity contribution in [1.29, 1.82) is 0 Å². The molecule has 0 fully saturated rings. The number of hydrogen-bond acceptors (Lipinski definition) is 3. The monoisotopic (exact) mass is 555 g/mol. The Morgan fingerprint density at radius 2 is 1.05 bits per heavy atom. The molecule has 0 aromatic heterocycles. The molecule has 3 heteroatoms. The Hall–Kier alpha value is -5.54. The molecule has 8 aromatic rings. The van der Waals surface area contributed by atoms with Crippen molar-refractivity contribution in [2.75, 3.05) is 19.1 Å². The molecule has 0 unspecified atom stereocenters. The van der Waals surface area contributed by atoms with Crippen LogP contribution in [0.5, 0.6) is 11.5 Å². The minimum atomic E-state index is 0.809. The number of nitrogens with zero attached hydrogens (tertiary/aromatic N) is 1. The zero-order chi connectivity index (χ0) is 28.9. The van der Waals surface area contributed by atoms with E-state index >= 15 is 0 Å². The lowest BCUT2D eigenvalue weighted by molar-refractivity contribution is 0.414. The molecule has 0 aliphatic heterocycles. The van der Waals surface area contributed by atoms with Gasteiger partial charge in [0.15, 0.2) is 0 Å². The fourth-order valence-corrected chi connectivity index (χ4v) is 6.54. The van der Waals surface area contributed by atoms with E-state index in [4.69, 9.17) is 9.47 Å². The Morgan fingerprint density at radius 1 is 0.419 bits per heavy atom. The Labute approximate surface area is 250 Å². The number of benzene rings is 8. The molecule has 0 radical (unpaired) electrons. The maximum atomic E-state index is 5.56. The van der Waals surface area contributed by atoms with Crippen molar-refractivity contribution < 1.29 is 9.47 Å². The molecule has 0 saturated carbocycles. The normalized spacial score (nSPS) is 11.5. The molecular weight excluding hydrogens is 526 g/mol. The maximum Gasteiger partial charge on any atom is 0.120 e. The van der Waals surface area contributed by atoms with Gasteiger partial charge in [-0.1, -0.05) is 84.9 Å². The number of ether oxygens (including phenoxy) is 2. The number of fused-ring (bicyclic) bond motifs is 2. The van der Waals surface area contributed by atoms with E-state index in [1.807, 2.05) is 24.3 Å². The topological polar surface area (TPSA) is 21.7 Å². The van der Waals surface area contributed by atoms with Crippen molar-refractivity contribution in [2.24, 2.45) is 0 Å². The molecule has 8 aromatic carbocycles. The van der Waals surface area contributed by atoms with Gasteiger partial charge in [0, 0.05) is 29.2 Å². The highest BCUT2D eigenvalue weighted by atomic mass is 16.5. The van der Waals surface area contributed by atoms with E-state index < -0.39 is 0 Å². The molecule has 3 nitrogen and oxygen atoms in total. The van der Waals surface area contributed by atoms with Crippen molar-refractivity contribution in [3.8, 4) is 22.6 Å². The number of methoxy groups -OCH3 is 2. The minimum absolute atomic E-state index is 0.809. The number of rotatable bonds is 6. The summed E-state index contributed by atoms with van der Waals surface area (Å²) in [6.07, 6.45) is 0. The Bertz CT molecular complexity index is 2220. The summed E-state index contributed by atoms with van der Waals surface area (Å²) in [5.41, 5.74) is 5.48. The van der Waals surface area contributed by atoms with Gasteiger partial charge in [-0.3, -0.25) is 0 Å². The summed E-state index contributed by atoms with van der Waals surface area (Å²) in [7, 11) is 3.39. The summed E-state index contributed by atoms with van der Waals surface area (Å²) in [5.74, 6) is 1.62. The molecule has 43 heavy (non-hydrogen) atoms. The second-order valence-corrected chi connectivity index (χ2v) is 10.9.